The average Bonchev–Trinajstić information content (AvgIpc) is 3.45. The monoisotopic (exact) mass is 650 g/mol. The smallest absolute Gasteiger partial charge is 0.340 e. The van der Waals surface area contributed by atoms with Gasteiger partial charge in [0, 0.05) is 42.4 Å². The van der Waals surface area contributed by atoms with Crippen LogP contribution in [0.2, 0.25) is 0 Å². The highest BCUT2D eigenvalue weighted by Gasteiger charge is 2.37. The van der Waals surface area contributed by atoms with Crippen LogP contribution in [0.5, 0.6) is 0 Å². The van der Waals surface area contributed by atoms with Crippen LogP contribution >= 0.6 is 0 Å². The van der Waals surface area contributed by atoms with Gasteiger partial charge in [0.05, 0.1) is 17.4 Å². The third-order valence-corrected chi connectivity index (χ3v) is 6.97. The van der Waals surface area contributed by atoms with Gasteiger partial charge in [-0.25, -0.2) is 9.07 Å². The first-order valence-corrected chi connectivity index (χ1v) is 14.7. The molecule has 0 bridgehead atoms. The van der Waals surface area contributed by atoms with Crippen molar-refractivity contribution in [1.82, 2.24) is 20.0 Å². The molecule has 13 heteroatoms. The Labute approximate surface area is 269 Å². The van der Waals surface area contributed by atoms with Crippen LogP contribution in [0.15, 0.2) is 97.2 Å². The molecule has 3 aromatic carbocycles. The van der Waals surface area contributed by atoms with E-state index < -0.39 is 23.7 Å². The molecule has 9 nitrogen and oxygen atoms in total. The van der Waals surface area contributed by atoms with Gasteiger partial charge in [-0.05, 0) is 69.6 Å². The molecule has 47 heavy (non-hydrogen) atoms. The van der Waals surface area contributed by atoms with Gasteiger partial charge in [0.2, 0.25) is 5.91 Å². The zero-order chi connectivity index (χ0) is 34.1. The number of hydrogen-bond acceptors (Lipinski definition) is 5. The van der Waals surface area contributed by atoms with Crippen molar-refractivity contribution in [2.24, 2.45) is 0 Å². The summed E-state index contributed by atoms with van der Waals surface area (Å²) in [6.45, 7) is 2.85. The zero-order valence-electron chi connectivity index (χ0n) is 26.0. The topological polar surface area (TPSA) is 99.6 Å². The standard InChI is InChI=1S/C22H19F3N4O2.C12H15FN2O/c1-2-28-20-15(13-26-29(20)17-9-4-3-5-10-17)12-18(21(28)31)27-19(30)14-7-6-8-16(11-14)22(23,24)25;1-15(2)8-4-7-12(16)14-11-6-3-5-10(13)9-11/h3-11,13,18H,2,12H2,1H3,(H,27,30);3-7,9H,8H2,1-2H3,(H,14,16)/b;7-4+. The summed E-state index contributed by atoms with van der Waals surface area (Å²) in [6, 6.07) is 18.4. The number of benzene rings is 3. The van der Waals surface area contributed by atoms with Crippen molar-refractivity contribution in [3.05, 3.63) is 120 Å². The van der Waals surface area contributed by atoms with E-state index in [1.165, 1.54) is 35.2 Å². The minimum Gasteiger partial charge on any atom is -0.340 e. The van der Waals surface area contributed by atoms with E-state index in [1.54, 1.807) is 36.0 Å². The molecule has 0 saturated carbocycles. The molecule has 0 saturated heterocycles. The molecule has 0 radical (unpaired) electrons. The number of fused-ring (bicyclic) bond motifs is 1. The Balaban J connectivity index is 0.000000264. The Morgan fingerprint density at radius 2 is 1.74 bits per heavy atom. The number of carbonyl (C=O) groups is 3. The number of hydrogen-bond donors (Lipinski definition) is 2. The summed E-state index contributed by atoms with van der Waals surface area (Å²) in [5, 5.41) is 9.55. The van der Waals surface area contributed by atoms with E-state index in [1.807, 2.05) is 49.3 Å². The Morgan fingerprint density at radius 3 is 2.40 bits per heavy atom. The summed E-state index contributed by atoms with van der Waals surface area (Å²) in [5.41, 5.74) is 0.939. The number of carbonyl (C=O) groups excluding carboxylic acids is 3. The maximum atomic E-state index is 13.1. The van der Waals surface area contributed by atoms with Crippen LogP contribution in [0.1, 0.15) is 28.4 Å². The van der Waals surface area contributed by atoms with Crippen LogP contribution in [-0.2, 0) is 22.2 Å². The second-order valence-electron chi connectivity index (χ2n) is 10.8. The third-order valence-electron chi connectivity index (χ3n) is 6.97. The fourth-order valence-electron chi connectivity index (χ4n) is 4.78. The molecular formula is C34H34F4N6O3. The molecule has 5 rings (SSSR count). The molecule has 1 atom stereocenters. The van der Waals surface area contributed by atoms with Gasteiger partial charge in [0.15, 0.2) is 0 Å². The predicted molar refractivity (Wildman–Crippen MR) is 171 cm³/mol. The number of nitrogens with one attached hydrogen (secondary N) is 2. The van der Waals surface area contributed by atoms with Crippen LogP contribution in [0, 0.1) is 5.82 Å². The van der Waals surface area contributed by atoms with E-state index in [0.29, 0.717) is 24.6 Å². The van der Waals surface area contributed by atoms with Gasteiger partial charge in [-0.3, -0.25) is 19.3 Å². The predicted octanol–water partition coefficient (Wildman–Crippen LogP) is 5.48. The van der Waals surface area contributed by atoms with Crippen molar-refractivity contribution in [1.29, 1.82) is 0 Å². The number of aromatic nitrogens is 2. The van der Waals surface area contributed by atoms with Gasteiger partial charge >= 0.3 is 6.18 Å². The van der Waals surface area contributed by atoms with Crippen molar-refractivity contribution in [3.63, 3.8) is 0 Å². The van der Waals surface area contributed by atoms with Crippen molar-refractivity contribution < 1.29 is 31.9 Å². The fourth-order valence-corrected chi connectivity index (χ4v) is 4.78. The number of alkyl halides is 3. The molecule has 2 N–H and O–H groups in total. The number of para-hydroxylation sites is 1. The molecule has 1 unspecified atom stereocenters. The highest BCUT2D eigenvalue weighted by Crippen LogP contribution is 2.31. The fraction of sp³-hybridized carbons (Fsp3) is 0.235. The normalized spacial score (nSPS) is 14.4. The number of rotatable bonds is 8. The quantitative estimate of drug-likeness (QED) is 0.195. The molecule has 0 fully saturated rings. The second kappa shape index (κ2) is 15.3. The number of likely N-dealkylation sites (N-methyl/N-ethyl adjacent to an activating group) is 2. The maximum Gasteiger partial charge on any atom is 0.416 e. The van der Waals surface area contributed by atoms with Crippen LogP contribution in [-0.4, -0.2) is 65.6 Å². The first kappa shape index (κ1) is 34.6. The van der Waals surface area contributed by atoms with Crippen LogP contribution < -0.4 is 15.5 Å². The van der Waals surface area contributed by atoms with Crippen molar-refractivity contribution in [3.8, 4) is 5.69 Å². The summed E-state index contributed by atoms with van der Waals surface area (Å²) >= 11 is 0. The van der Waals surface area contributed by atoms with Gasteiger partial charge < -0.3 is 15.5 Å². The molecule has 2 heterocycles. The highest BCUT2D eigenvalue weighted by atomic mass is 19.4. The van der Waals surface area contributed by atoms with Gasteiger partial charge in [0.25, 0.3) is 11.8 Å². The van der Waals surface area contributed by atoms with Crippen LogP contribution in [0.25, 0.3) is 5.69 Å². The van der Waals surface area contributed by atoms with Crippen molar-refractivity contribution in [2.75, 3.05) is 37.4 Å². The lowest BCUT2D eigenvalue weighted by atomic mass is 10.0. The van der Waals surface area contributed by atoms with Gasteiger partial charge in [0.1, 0.15) is 17.7 Å². The minimum absolute atomic E-state index is 0.156. The van der Waals surface area contributed by atoms with Crippen LogP contribution in [0.4, 0.5) is 29.1 Å². The maximum absolute atomic E-state index is 13.1. The van der Waals surface area contributed by atoms with Crippen LogP contribution in [0.3, 0.4) is 0 Å². The van der Waals surface area contributed by atoms with Gasteiger partial charge in [-0.1, -0.05) is 36.4 Å². The van der Waals surface area contributed by atoms with E-state index >= 15 is 0 Å². The summed E-state index contributed by atoms with van der Waals surface area (Å²) in [5.74, 6) is -1.07. The molecule has 3 amide bonds. The first-order valence-electron chi connectivity index (χ1n) is 14.7. The molecule has 1 aromatic heterocycles. The average molecular weight is 651 g/mol. The molecule has 1 aliphatic rings. The Hall–Kier alpha value is -5.30. The zero-order valence-corrected chi connectivity index (χ0v) is 26.0. The lowest BCUT2D eigenvalue weighted by Crippen LogP contribution is -2.53. The van der Waals surface area contributed by atoms with E-state index in [-0.39, 0.29) is 29.6 Å². The molecule has 246 valence electrons. The third kappa shape index (κ3) is 9.13. The largest absolute Gasteiger partial charge is 0.416 e. The van der Waals surface area contributed by atoms with E-state index in [4.69, 9.17) is 0 Å². The number of nitrogens with zero attached hydrogens (tertiary/aromatic N) is 4. The van der Waals surface area contributed by atoms with E-state index in [2.05, 4.69) is 15.7 Å². The minimum atomic E-state index is -4.56. The summed E-state index contributed by atoms with van der Waals surface area (Å²) < 4.78 is 53.3. The molecule has 4 aromatic rings. The summed E-state index contributed by atoms with van der Waals surface area (Å²) in [6.07, 6.45) is 0.458. The van der Waals surface area contributed by atoms with Crippen molar-refractivity contribution >= 4 is 29.2 Å². The summed E-state index contributed by atoms with van der Waals surface area (Å²) in [7, 11) is 3.82. The van der Waals surface area contributed by atoms with Gasteiger partial charge in [-0.2, -0.15) is 18.3 Å². The Bertz CT molecular complexity index is 1740. The second-order valence-corrected chi connectivity index (χ2v) is 10.8. The van der Waals surface area contributed by atoms with Crippen molar-refractivity contribution in [2.45, 2.75) is 25.6 Å². The highest BCUT2D eigenvalue weighted by molar-refractivity contribution is 6.04. The SMILES string of the molecule is CCN1C(=O)C(NC(=O)c2cccc(C(F)(F)F)c2)Cc2cnn(-c3ccccc3)c21.CN(C)C/C=C/C(=O)Nc1cccc(F)c1. The summed E-state index contributed by atoms with van der Waals surface area (Å²) in [4.78, 5) is 40.5. The molecule has 0 aliphatic carbocycles. The number of amides is 3. The van der Waals surface area contributed by atoms with E-state index in [9.17, 15) is 31.9 Å². The van der Waals surface area contributed by atoms with Gasteiger partial charge in [-0.15, -0.1) is 0 Å². The Kier molecular flexibility index (Phi) is 11.3. The Morgan fingerprint density at radius 1 is 1.02 bits per heavy atom. The molecular weight excluding hydrogens is 616 g/mol. The van der Waals surface area contributed by atoms with E-state index in [0.717, 1.165) is 23.4 Å². The molecule has 1 aliphatic heterocycles. The molecule has 0 spiro atoms. The number of anilines is 2. The lowest BCUT2D eigenvalue weighted by Gasteiger charge is -2.32. The number of halogens is 4. The lowest BCUT2D eigenvalue weighted by molar-refractivity contribution is -0.137. The first-order chi connectivity index (χ1) is 22.4.